The molecule has 1 N–H and O–H groups in total. The zero-order valence-electron chi connectivity index (χ0n) is 15.9. The number of carbonyl (C=O) groups excluding carboxylic acids is 1. The van der Waals surface area contributed by atoms with Gasteiger partial charge in [-0.2, -0.15) is 0 Å². The van der Waals surface area contributed by atoms with Gasteiger partial charge in [0.15, 0.2) is 17.3 Å². The molecule has 5 nitrogen and oxygen atoms in total. The smallest absolute Gasteiger partial charge is 0.189 e. The second-order valence-corrected chi connectivity index (χ2v) is 7.01. The molecule has 0 radical (unpaired) electrons. The first kappa shape index (κ1) is 21.4. The third-order valence-corrected chi connectivity index (χ3v) is 5.40. The molecule has 1 atom stereocenters. The second-order valence-electron chi connectivity index (χ2n) is 5.69. The molecule has 0 saturated heterocycles. The molecule has 0 heterocycles. The molecule has 1 unspecified atom stereocenters. The van der Waals surface area contributed by atoms with Crippen molar-refractivity contribution in [2.45, 2.75) is 11.8 Å². The number of hydrogen-bond acceptors (Lipinski definition) is 6. The summed E-state index contributed by atoms with van der Waals surface area (Å²) in [4.78, 5) is 12.7. The van der Waals surface area contributed by atoms with Gasteiger partial charge in [-0.25, -0.2) is 0 Å². The van der Waals surface area contributed by atoms with Crippen molar-refractivity contribution in [3.63, 3.8) is 0 Å². The van der Waals surface area contributed by atoms with Gasteiger partial charge in [-0.15, -0.1) is 11.8 Å². The summed E-state index contributed by atoms with van der Waals surface area (Å²) in [6.45, 7) is 0.600. The highest BCUT2D eigenvalue weighted by Crippen LogP contribution is 2.37. The Morgan fingerprint density at radius 3 is 2.33 bits per heavy atom. The quantitative estimate of drug-likeness (QED) is 0.471. The van der Waals surface area contributed by atoms with Crippen LogP contribution >= 0.6 is 23.4 Å². The number of halogens is 1. The standard InChI is InChI=1S/C20H24ClNO4S/c1-24-15-8-5-14(6-9-15)18(23)20(27-4)22-12-11-13-7-10-16(25-2)19(26-3)17(13)21/h5-10,20,22H,11-12H2,1-4H3. The Balaban J connectivity index is 2.00. The summed E-state index contributed by atoms with van der Waals surface area (Å²) in [5.41, 5.74) is 1.57. The van der Waals surface area contributed by atoms with Gasteiger partial charge in [0.2, 0.25) is 0 Å². The molecule has 0 aliphatic heterocycles. The summed E-state index contributed by atoms with van der Waals surface area (Å²) in [6.07, 6.45) is 2.56. The van der Waals surface area contributed by atoms with Crippen LogP contribution in [0, 0.1) is 0 Å². The Morgan fingerprint density at radius 1 is 1.07 bits per heavy atom. The summed E-state index contributed by atoms with van der Waals surface area (Å²) in [5, 5.41) is 3.48. The first-order chi connectivity index (χ1) is 13.0. The summed E-state index contributed by atoms with van der Waals surface area (Å²) in [5.74, 6) is 1.87. The molecular formula is C20H24ClNO4S. The van der Waals surface area contributed by atoms with Crippen molar-refractivity contribution < 1.29 is 19.0 Å². The lowest BCUT2D eigenvalue weighted by Gasteiger charge is -2.17. The van der Waals surface area contributed by atoms with Crippen molar-refractivity contribution in [2.75, 3.05) is 34.1 Å². The van der Waals surface area contributed by atoms with Gasteiger partial charge < -0.3 is 14.2 Å². The van der Waals surface area contributed by atoms with E-state index in [1.807, 2.05) is 18.4 Å². The first-order valence-electron chi connectivity index (χ1n) is 8.39. The van der Waals surface area contributed by atoms with E-state index in [2.05, 4.69) is 5.32 Å². The van der Waals surface area contributed by atoms with Crippen LogP contribution in [0.2, 0.25) is 5.02 Å². The fourth-order valence-corrected chi connectivity index (χ4v) is 3.61. The van der Waals surface area contributed by atoms with Crippen molar-refractivity contribution in [1.29, 1.82) is 0 Å². The van der Waals surface area contributed by atoms with E-state index in [9.17, 15) is 4.79 Å². The van der Waals surface area contributed by atoms with Gasteiger partial charge in [0.25, 0.3) is 0 Å². The van der Waals surface area contributed by atoms with Gasteiger partial charge in [-0.3, -0.25) is 10.1 Å². The average molecular weight is 410 g/mol. The molecule has 0 spiro atoms. The third kappa shape index (κ3) is 5.31. The molecule has 0 amide bonds. The Bertz CT molecular complexity index is 767. The van der Waals surface area contributed by atoms with Crippen LogP contribution in [0.15, 0.2) is 36.4 Å². The fourth-order valence-electron chi connectivity index (χ4n) is 2.65. The van der Waals surface area contributed by atoms with Crippen LogP contribution in [0.3, 0.4) is 0 Å². The maximum Gasteiger partial charge on any atom is 0.189 e. The van der Waals surface area contributed by atoms with E-state index in [4.69, 9.17) is 25.8 Å². The van der Waals surface area contributed by atoms with Crippen LogP contribution in [0.5, 0.6) is 17.2 Å². The largest absolute Gasteiger partial charge is 0.497 e. The van der Waals surface area contributed by atoms with Crippen LogP contribution < -0.4 is 19.5 Å². The molecule has 0 fully saturated rings. The second kappa shape index (κ2) is 10.4. The zero-order valence-corrected chi connectivity index (χ0v) is 17.4. The minimum atomic E-state index is -0.336. The number of methoxy groups -OCH3 is 3. The van der Waals surface area contributed by atoms with Crippen molar-refractivity contribution in [3.8, 4) is 17.2 Å². The van der Waals surface area contributed by atoms with E-state index in [0.717, 1.165) is 11.3 Å². The molecule has 0 bridgehead atoms. The summed E-state index contributed by atoms with van der Waals surface area (Å²) in [6, 6.07) is 10.9. The number of nitrogens with one attached hydrogen (secondary N) is 1. The van der Waals surface area contributed by atoms with E-state index >= 15 is 0 Å². The summed E-state index contributed by atoms with van der Waals surface area (Å²) < 4.78 is 15.7. The zero-order chi connectivity index (χ0) is 19.8. The maximum absolute atomic E-state index is 12.7. The van der Waals surface area contributed by atoms with Gasteiger partial charge in [0.05, 0.1) is 26.4 Å². The van der Waals surface area contributed by atoms with Gasteiger partial charge in [-0.05, 0) is 48.6 Å². The summed E-state index contributed by atoms with van der Waals surface area (Å²) in [7, 11) is 4.73. The topological polar surface area (TPSA) is 56.8 Å². The highest BCUT2D eigenvalue weighted by atomic mass is 35.5. The van der Waals surface area contributed by atoms with Crippen LogP contribution in [-0.2, 0) is 6.42 Å². The normalized spacial score (nSPS) is 11.7. The van der Waals surface area contributed by atoms with Crippen molar-refractivity contribution in [2.24, 2.45) is 0 Å². The Labute approximate surface area is 169 Å². The van der Waals surface area contributed by atoms with Crippen LogP contribution in [0.25, 0.3) is 0 Å². The number of ketones is 1. The average Bonchev–Trinajstić information content (AvgIpc) is 2.71. The molecule has 0 aliphatic carbocycles. The third-order valence-electron chi connectivity index (χ3n) is 4.14. The maximum atomic E-state index is 12.7. The lowest BCUT2D eigenvalue weighted by molar-refractivity contribution is 0.0979. The van der Waals surface area contributed by atoms with E-state index in [-0.39, 0.29) is 11.2 Å². The lowest BCUT2D eigenvalue weighted by atomic mass is 10.1. The molecule has 7 heteroatoms. The van der Waals surface area contributed by atoms with E-state index < -0.39 is 0 Å². The molecule has 2 rings (SSSR count). The summed E-state index contributed by atoms with van der Waals surface area (Å²) >= 11 is 7.88. The van der Waals surface area contributed by atoms with Crippen LogP contribution in [-0.4, -0.2) is 45.3 Å². The highest BCUT2D eigenvalue weighted by molar-refractivity contribution is 7.99. The number of rotatable bonds is 10. The molecule has 0 saturated carbocycles. The number of carbonyl (C=O) groups is 1. The number of benzene rings is 2. The van der Waals surface area contributed by atoms with Gasteiger partial charge in [0, 0.05) is 12.1 Å². The van der Waals surface area contributed by atoms with Gasteiger partial charge in [-0.1, -0.05) is 17.7 Å². The SMILES string of the molecule is COc1ccc(C(=O)C(NCCc2ccc(OC)c(OC)c2Cl)SC)cc1. The molecule has 146 valence electrons. The molecule has 0 aliphatic rings. The molecular weight excluding hydrogens is 386 g/mol. The van der Waals surface area contributed by atoms with Gasteiger partial charge >= 0.3 is 0 Å². The Morgan fingerprint density at radius 2 is 1.78 bits per heavy atom. The predicted molar refractivity (Wildman–Crippen MR) is 111 cm³/mol. The molecule has 2 aromatic carbocycles. The van der Waals surface area contributed by atoms with Crippen molar-refractivity contribution in [3.05, 3.63) is 52.5 Å². The number of hydrogen-bond donors (Lipinski definition) is 1. The fraction of sp³-hybridized carbons (Fsp3) is 0.350. The molecule has 2 aromatic rings. The monoisotopic (exact) mass is 409 g/mol. The van der Waals surface area contributed by atoms with Crippen LogP contribution in [0.1, 0.15) is 15.9 Å². The molecule has 0 aromatic heterocycles. The van der Waals surface area contributed by atoms with Gasteiger partial charge in [0.1, 0.15) is 11.1 Å². The first-order valence-corrected chi connectivity index (χ1v) is 10.1. The number of thioether (sulfide) groups is 1. The minimum Gasteiger partial charge on any atom is -0.497 e. The number of Topliss-reactive ketones (excluding diaryl/α,β-unsaturated/α-hetero) is 1. The number of ether oxygens (including phenoxy) is 3. The minimum absolute atomic E-state index is 0.0311. The van der Waals surface area contributed by atoms with Crippen molar-refractivity contribution >= 4 is 29.1 Å². The predicted octanol–water partition coefficient (Wildman–Crippen LogP) is 4.07. The van der Waals surface area contributed by atoms with Crippen LogP contribution in [0.4, 0.5) is 0 Å². The van der Waals surface area contributed by atoms with Crippen molar-refractivity contribution in [1.82, 2.24) is 5.32 Å². The Hall–Kier alpha value is -1.89. The van der Waals surface area contributed by atoms with E-state index in [0.29, 0.717) is 35.1 Å². The van der Waals surface area contributed by atoms with E-state index in [1.54, 1.807) is 45.6 Å². The molecule has 27 heavy (non-hydrogen) atoms. The lowest BCUT2D eigenvalue weighted by Crippen LogP contribution is -2.35. The highest BCUT2D eigenvalue weighted by Gasteiger charge is 2.19. The Kier molecular flexibility index (Phi) is 8.28. The van der Waals surface area contributed by atoms with E-state index in [1.165, 1.54) is 11.8 Å².